The minimum absolute atomic E-state index is 0.818. The fourth-order valence-electron chi connectivity index (χ4n) is 2.33. The Morgan fingerprint density at radius 1 is 1.10 bits per heavy atom. The van der Waals surface area contributed by atoms with Crippen LogP contribution < -0.4 is 5.32 Å². The van der Waals surface area contributed by atoms with Crippen molar-refractivity contribution in [3.05, 3.63) is 54.6 Å². The van der Waals surface area contributed by atoms with Crippen molar-refractivity contribution < 1.29 is 0 Å². The van der Waals surface area contributed by atoms with Crippen LogP contribution in [0.1, 0.15) is 19.0 Å². The van der Waals surface area contributed by atoms with Gasteiger partial charge in [0.2, 0.25) is 0 Å². The normalized spacial score (nSPS) is 10.8. The lowest BCUT2D eigenvalue weighted by atomic mass is 10.2. The highest BCUT2D eigenvalue weighted by Crippen LogP contribution is 2.16. The van der Waals surface area contributed by atoms with Gasteiger partial charge in [-0.2, -0.15) is 0 Å². The highest BCUT2D eigenvalue weighted by Gasteiger charge is 2.01. The first-order valence-electron chi connectivity index (χ1n) is 6.95. The summed E-state index contributed by atoms with van der Waals surface area (Å²) in [6.07, 6.45) is 6.71. The zero-order chi connectivity index (χ0) is 13.8. The Hall–Kier alpha value is -2.36. The van der Waals surface area contributed by atoms with E-state index in [9.17, 15) is 0 Å². The first-order chi connectivity index (χ1) is 9.86. The van der Waals surface area contributed by atoms with Gasteiger partial charge in [0.1, 0.15) is 0 Å². The molecule has 4 nitrogen and oxygen atoms in total. The van der Waals surface area contributed by atoms with E-state index < -0.39 is 0 Å². The monoisotopic (exact) mass is 266 g/mol. The molecule has 0 unspecified atom stereocenters. The largest absolute Gasteiger partial charge is 0.379 e. The van der Waals surface area contributed by atoms with Crippen LogP contribution in [0, 0.1) is 0 Å². The maximum absolute atomic E-state index is 4.33. The summed E-state index contributed by atoms with van der Waals surface area (Å²) >= 11 is 0. The molecule has 0 amide bonds. The average Bonchev–Trinajstić information content (AvgIpc) is 2.93. The summed E-state index contributed by atoms with van der Waals surface area (Å²) in [7, 11) is 0. The Labute approximate surface area is 118 Å². The molecular weight excluding hydrogens is 248 g/mol. The van der Waals surface area contributed by atoms with Crippen LogP contribution in [0.15, 0.2) is 48.9 Å². The Morgan fingerprint density at radius 3 is 2.80 bits per heavy atom. The van der Waals surface area contributed by atoms with Crippen LogP contribution in [0.25, 0.3) is 11.0 Å². The molecule has 1 aromatic carbocycles. The topological polar surface area (TPSA) is 42.7 Å². The van der Waals surface area contributed by atoms with Crippen LogP contribution in [0.3, 0.4) is 0 Å². The molecule has 0 aliphatic heterocycles. The molecule has 0 saturated carbocycles. The molecular formula is C16H18N4. The molecule has 1 N–H and O–H groups in total. The molecule has 4 heteroatoms. The van der Waals surface area contributed by atoms with Crippen molar-refractivity contribution in [3.8, 4) is 0 Å². The lowest BCUT2D eigenvalue weighted by Gasteiger charge is -2.10. The van der Waals surface area contributed by atoms with Crippen LogP contribution in [-0.2, 0) is 13.1 Å². The fourth-order valence-corrected chi connectivity index (χ4v) is 2.33. The third-order valence-electron chi connectivity index (χ3n) is 3.33. The number of anilines is 1. The summed E-state index contributed by atoms with van der Waals surface area (Å²) in [6, 6.07) is 10.3. The van der Waals surface area contributed by atoms with Gasteiger partial charge in [0.25, 0.3) is 0 Å². The predicted octanol–water partition coefficient (Wildman–Crippen LogP) is 3.45. The van der Waals surface area contributed by atoms with Gasteiger partial charge < -0.3 is 9.88 Å². The van der Waals surface area contributed by atoms with Crippen LogP contribution in [0.4, 0.5) is 5.69 Å². The minimum atomic E-state index is 0.818. The molecule has 2 heterocycles. The van der Waals surface area contributed by atoms with Crippen molar-refractivity contribution in [2.75, 3.05) is 5.32 Å². The summed E-state index contributed by atoms with van der Waals surface area (Å²) in [5.74, 6) is 0. The van der Waals surface area contributed by atoms with E-state index in [2.05, 4.69) is 45.1 Å². The van der Waals surface area contributed by atoms with Gasteiger partial charge in [-0.15, -0.1) is 0 Å². The molecule has 2 aromatic heterocycles. The van der Waals surface area contributed by atoms with Gasteiger partial charge in [-0.05, 0) is 36.8 Å². The van der Waals surface area contributed by atoms with Crippen molar-refractivity contribution in [2.45, 2.75) is 26.4 Å². The maximum Gasteiger partial charge on any atom is 0.0907 e. The van der Waals surface area contributed by atoms with Crippen LogP contribution in [0.2, 0.25) is 0 Å². The van der Waals surface area contributed by atoms with Gasteiger partial charge in [0.05, 0.1) is 17.6 Å². The smallest absolute Gasteiger partial charge is 0.0907 e. The van der Waals surface area contributed by atoms with Gasteiger partial charge in [-0.3, -0.25) is 9.97 Å². The maximum atomic E-state index is 4.33. The Kier molecular flexibility index (Phi) is 3.63. The number of nitrogens with zero attached hydrogens (tertiary/aromatic N) is 3. The number of rotatable bonds is 5. The molecule has 0 atom stereocenters. The lowest BCUT2D eigenvalue weighted by Crippen LogP contribution is -2.06. The Bertz CT molecular complexity index is 702. The number of fused-ring (bicyclic) bond motifs is 1. The van der Waals surface area contributed by atoms with E-state index in [1.807, 2.05) is 18.2 Å². The van der Waals surface area contributed by atoms with E-state index in [-0.39, 0.29) is 0 Å². The zero-order valence-corrected chi connectivity index (χ0v) is 11.6. The quantitative estimate of drug-likeness (QED) is 0.769. The molecule has 20 heavy (non-hydrogen) atoms. The van der Waals surface area contributed by atoms with E-state index in [0.29, 0.717) is 0 Å². The minimum Gasteiger partial charge on any atom is -0.379 e. The highest BCUT2D eigenvalue weighted by molar-refractivity contribution is 5.78. The zero-order valence-electron chi connectivity index (χ0n) is 11.6. The summed E-state index contributed by atoms with van der Waals surface area (Å²) in [5.41, 5.74) is 4.21. The molecule has 0 spiro atoms. The number of hydrogen-bond acceptors (Lipinski definition) is 3. The third kappa shape index (κ3) is 2.64. The molecule has 0 fully saturated rings. The number of aromatic nitrogens is 3. The summed E-state index contributed by atoms with van der Waals surface area (Å²) in [6.45, 7) is 4.07. The van der Waals surface area contributed by atoms with Gasteiger partial charge in [-0.25, -0.2) is 0 Å². The molecule has 0 saturated heterocycles. The fraction of sp³-hybridized carbons (Fsp3) is 0.250. The van der Waals surface area contributed by atoms with E-state index in [4.69, 9.17) is 0 Å². The van der Waals surface area contributed by atoms with Crippen LogP contribution in [0.5, 0.6) is 0 Å². The molecule has 0 aliphatic carbocycles. The number of nitrogens with one attached hydrogen (secondary N) is 1. The molecule has 3 aromatic rings. The molecule has 3 rings (SSSR count). The molecule has 0 radical (unpaired) electrons. The molecule has 102 valence electrons. The standard InChI is InChI=1S/C16H18N4/c1-2-9-20-10-3-4-14(20)12-19-13-5-6-15-16(11-13)18-8-7-17-15/h3-8,10-11,19H,2,9,12H2,1H3. The second-order valence-electron chi connectivity index (χ2n) is 4.81. The van der Waals surface area contributed by atoms with Crippen LogP contribution in [-0.4, -0.2) is 14.5 Å². The lowest BCUT2D eigenvalue weighted by molar-refractivity contribution is 0.654. The first-order valence-corrected chi connectivity index (χ1v) is 6.95. The Morgan fingerprint density at radius 2 is 1.95 bits per heavy atom. The van der Waals surface area contributed by atoms with Crippen molar-refractivity contribution >= 4 is 16.7 Å². The van der Waals surface area contributed by atoms with Crippen molar-refractivity contribution in [1.29, 1.82) is 0 Å². The van der Waals surface area contributed by atoms with Gasteiger partial charge >= 0.3 is 0 Å². The highest BCUT2D eigenvalue weighted by atomic mass is 15.0. The summed E-state index contributed by atoms with van der Waals surface area (Å²) < 4.78 is 2.29. The van der Waals surface area contributed by atoms with Gasteiger partial charge in [-0.1, -0.05) is 6.92 Å². The molecule has 0 aliphatic rings. The predicted molar refractivity (Wildman–Crippen MR) is 81.6 cm³/mol. The van der Waals surface area contributed by atoms with E-state index in [0.717, 1.165) is 36.2 Å². The summed E-state index contributed by atoms with van der Waals surface area (Å²) in [4.78, 5) is 8.60. The van der Waals surface area contributed by atoms with Gasteiger partial charge in [0, 0.05) is 36.5 Å². The number of hydrogen-bond donors (Lipinski definition) is 1. The van der Waals surface area contributed by atoms with E-state index in [1.165, 1.54) is 5.69 Å². The van der Waals surface area contributed by atoms with Crippen LogP contribution >= 0.6 is 0 Å². The van der Waals surface area contributed by atoms with Crippen molar-refractivity contribution in [3.63, 3.8) is 0 Å². The first kappa shape index (κ1) is 12.7. The SMILES string of the molecule is CCCn1cccc1CNc1ccc2nccnc2c1. The Balaban J connectivity index is 1.74. The van der Waals surface area contributed by atoms with Crippen molar-refractivity contribution in [2.24, 2.45) is 0 Å². The van der Waals surface area contributed by atoms with E-state index >= 15 is 0 Å². The van der Waals surface area contributed by atoms with Crippen molar-refractivity contribution in [1.82, 2.24) is 14.5 Å². The third-order valence-corrected chi connectivity index (χ3v) is 3.33. The summed E-state index contributed by atoms with van der Waals surface area (Å²) in [5, 5.41) is 3.45. The average molecular weight is 266 g/mol. The van der Waals surface area contributed by atoms with Gasteiger partial charge in [0.15, 0.2) is 0 Å². The number of benzene rings is 1. The number of aryl methyl sites for hydroxylation is 1. The second-order valence-corrected chi connectivity index (χ2v) is 4.81. The van der Waals surface area contributed by atoms with E-state index in [1.54, 1.807) is 12.4 Å². The second kappa shape index (κ2) is 5.74. The molecule has 0 bridgehead atoms.